The zero-order valence-electron chi connectivity index (χ0n) is 11.3. The Balaban J connectivity index is 2.65. The summed E-state index contributed by atoms with van der Waals surface area (Å²) in [4.78, 5) is 11.5. The number of carbonyl (C=O) groups excluding carboxylic acids is 1. The summed E-state index contributed by atoms with van der Waals surface area (Å²) in [7, 11) is 0. The average molecular weight is 239 g/mol. The summed E-state index contributed by atoms with van der Waals surface area (Å²) in [6, 6.07) is 1.81. The van der Waals surface area contributed by atoms with E-state index in [4.69, 9.17) is 4.74 Å². The van der Waals surface area contributed by atoms with E-state index in [9.17, 15) is 4.79 Å². The van der Waals surface area contributed by atoms with Crippen molar-refractivity contribution in [1.29, 1.82) is 0 Å². The third kappa shape index (κ3) is 4.46. The van der Waals surface area contributed by atoms with E-state index in [0.29, 0.717) is 5.82 Å². The molecule has 1 rings (SSSR count). The maximum Gasteiger partial charge on any atom is 0.413 e. The molecule has 0 aromatic carbocycles. The van der Waals surface area contributed by atoms with Gasteiger partial charge >= 0.3 is 6.09 Å². The van der Waals surface area contributed by atoms with E-state index in [0.717, 1.165) is 5.69 Å². The van der Waals surface area contributed by atoms with Gasteiger partial charge in [-0.1, -0.05) is 20.8 Å². The van der Waals surface area contributed by atoms with Crippen LogP contribution in [-0.2, 0) is 10.2 Å². The summed E-state index contributed by atoms with van der Waals surface area (Å²) < 4.78 is 5.13. The van der Waals surface area contributed by atoms with Crippen molar-refractivity contribution in [2.24, 2.45) is 0 Å². The van der Waals surface area contributed by atoms with Gasteiger partial charge in [0.2, 0.25) is 0 Å². The Bertz CT molecular complexity index is 397. The van der Waals surface area contributed by atoms with Gasteiger partial charge in [-0.05, 0) is 20.8 Å². The summed E-state index contributed by atoms with van der Waals surface area (Å²) in [5.41, 5.74) is 0.428. The van der Waals surface area contributed by atoms with E-state index in [1.807, 2.05) is 26.8 Å². The molecule has 0 aliphatic heterocycles. The quantitative estimate of drug-likeness (QED) is 0.791. The second-order valence-electron chi connectivity index (χ2n) is 6.04. The number of aromatic nitrogens is 2. The van der Waals surface area contributed by atoms with Crippen LogP contribution in [-0.4, -0.2) is 21.9 Å². The van der Waals surface area contributed by atoms with Crippen LogP contribution < -0.4 is 5.32 Å². The number of nitrogens with one attached hydrogen (secondary N) is 2. The number of aromatic amines is 1. The van der Waals surface area contributed by atoms with Crippen molar-refractivity contribution in [2.45, 2.75) is 52.6 Å². The predicted octanol–water partition coefficient (Wildman–Crippen LogP) is 3.05. The standard InChI is InChI=1S/C12H21N3O2/c1-11(2,3)8-7-9(15-14-8)13-10(16)17-12(4,5)6/h7H,1-6H3,(H2,13,14,15,16). The van der Waals surface area contributed by atoms with E-state index in [1.54, 1.807) is 0 Å². The van der Waals surface area contributed by atoms with E-state index >= 15 is 0 Å². The molecule has 0 fully saturated rings. The van der Waals surface area contributed by atoms with Crippen LogP contribution in [0.1, 0.15) is 47.2 Å². The van der Waals surface area contributed by atoms with Gasteiger partial charge in [-0.15, -0.1) is 0 Å². The second-order valence-corrected chi connectivity index (χ2v) is 6.04. The van der Waals surface area contributed by atoms with Crippen molar-refractivity contribution >= 4 is 11.9 Å². The van der Waals surface area contributed by atoms with Gasteiger partial charge in [0.05, 0.1) is 0 Å². The summed E-state index contributed by atoms with van der Waals surface area (Å²) in [6.07, 6.45) is -0.496. The monoisotopic (exact) mass is 239 g/mol. The van der Waals surface area contributed by atoms with Gasteiger partial charge in [-0.25, -0.2) is 4.79 Å². The van der Waals surface area contributed by atoms with Gasteiger partial charge in [0, 0.05) is 17.2 Å². The molecule has 96 valence electrons. The molecule has 1 aromatic heterocycles. The lowest BCUT2D eigenvalue weighted by Crippen LogP contribution is -2.27. The molecular weight excluding hydrogens is 218 g/mol. The largest absolute Gasteiger partial charge is 0.444 e. The molecule has 0 unspecified atom stereocenters. The first kappa shape index (κ1) is 13.5. The first-order valence-electron chi connectivity index (χ1n) is 5.64. The van der Waals surface area contributed by atoms with E-state index < -0.39 is 11.7 Å². The summed E-state index contributed by atoms with van der Waals surface area (Å²) in [5.74, 6) is 0.476. The van der Waals surface area contributed by atoms with Crippen LogP contribution in [0.25, 0.3) is 0 Å². The number of ether oxygens (including phenoxy) is 1. The first-order chi connectivity index (χ1) is 7.58. The fourth-order valence-electron chi connectivity index (χ4n) is 1.18. The minimum Gasteiger partial charge on any atom is -0.444 e. The van der Waals surface area contributed by atoms with Crippen LogP contribution >= 0.6 is 0 Å². The minimum absolute atomic E-state index is 0.0269. The molecular formula is C12H21N3O2. The van der Waals surface area contributed by atoms with Crippen molar-refractivity contribution in [3.8, 4) is 0 Å². The summed E-state index contributed by atoms with van der Waals surface area (Å²) in [6.45, 7) is 11.7. The van der Waals surface area contributed by atoms with Gasteiger partial charge in [-0.2, -0.15) is 5.10 Å². The molecule has 0 spiro atoms. The molecule has 0 saturated heterocycles. The fraction of sp³-hybridized carbons (Fsp3) is 0.667. The highest BCUT2D eigenvalue weighted by Gasteiger charge is 2.19. The molecule has 1 aromatic rings. The van der Waals surface area contributed by atoms with Gasteiger partial charge in [0.1, 0.15) is 5.60 Å². The number of amides is 1. The zero-order valence-corrected chi connectivity index (χ0v) is 11.3. The third-order valence-electron chi connectivity index (χ3n) is 2.01. The highest BCUT2D eigenvalue weighted by molar-refractivity contribution is 5.83. The molecule has 0 radical (unpaired) electrons. The van der Waals surface area contributed by atoms with E-state index in [2.05, 4.69) is 36.3 Å². The second kappa shape index (κ2) is 4.39. The fourth-order valence-corrected chi connectivity index (χ4v) is 1.18. The Hall–Kier alpha value is -1.52. The Morgan fingerprint density at radius 1 is 1.29 bits per heavy atom. The SMILES string of the molecule is CC(C)(C)OC(=O)Nc1cc(C(C)(C)C)[nH]n1. The molecule has 17 heavy (non-hydrogen) atoms. The van der Waals surface area contributed by atoms with E-state index in [-0.39, 0.29) is 5.41 Å². The average Bonchev–Trinajstić information content (AvgIpc) is 2.47. The lowest BCUT2D eigenvalue weighted by Gasteiger charge is -2.19. The Morgan fingerprint density at radius 2 is 1.88 bits per heavy atom. The molecule has 0 saturated carbocycles. The zero-order chi connectivity index (χ0) is 13.3. The third-order valence-corrected chi connectivity index (χ3v) is 2.01. The number of rotatable bonds is 1. The molecule has 5 heteroatoms. The first-order valence-corrected chi connectivity index (χ1v) is 5.64. The number of carbonyl (C=O) groups is 1. The van der Waals surface area contributed by atoms with Crippen LogP contribution in [0, 0.1) is 0 Å². The van der Waals surface area contributed by atoms with Crippen molar-refractivity contribution in [1.82, 2.24) is 10.2 Å². The van der Waals surface area contributed by atoms with Gasteiger partial charge in [-0.3, -0.25) is 10.4 Å². The Morgan fingerprint density at radius 3 is 2.29 bits per heavy atom. The number of hydrogen-bond donors (Lipinski definition) is 2. The van der Waals surface area contributed by atoms with Crippen molar-refractivity contribution in [2.75, 3.05) is 5.32 Å². The van der Waals surface area contributed by atoms with Gasteiger partial charge in [0.25, 0.3) is 0 Å². The van der Waals surface area contributed by atoms with Crippen molar-refractivity contribution in [3.05, 3.63) is 11.8 Å². The molecule has 0 aliphatic rings. The Labute approximate surface area is 102 Å². The highest BCUT2D eigenvalue weighted by Crippen LogP contribution is 2.22. The molecule has 1 amide bonds. The molecule has 0 atom stereocenters. The van der Waals surface area contributed by atoms with Crippen molar-refractivity contribution in [3.63, 3.8) is 0 Å². The van der Waals surface area contributed by atoms with E-state index in [1.165, 1.54) is 0 Å². The maximum absolute atomic E-state index is 11.5. The number of anilines is 1. The van der Waals surface area contributed by atoms with Crippen LogP contribution in [0.15, 0.2) is 6.07 Å². The van der Waals surface area contributed by atoms with Crippen LogP contribution in [0.5, 0.6) is 0 Å². The molecule has 0 aliphatic carbocycles. The van der Waals surface area contributed by atoms with Crippen LogP contribution in [0.4, 0.5) is 10.6 Å². The number of nitrogens with zero attached hydrogens (tertiary/aromatic N) is 1. The van der Waals surface area contributed by atoms with Crippen LogP contribution in [0.3, 0.4) is 0 Å². The normalized spacial score (nSPS) is 12.4. The molecule has 2 N–H and O–H groups in total. The maximum atomic E-state index is 11.5. The van der Waals surface area contributed by atoms with Crippen molar-refractivity contribution < 1.29 is 9.53 Å². The van der Waals surface area contributed by atoms with Gasteiger partial charge in [0.15, 0.2) is 5.82 Å². The lowest BCUT2D eigenvalue weighted by molar-refractivity contribution is 0.0635. The topological polar surface area (TPSA) is 67.0 Å². The molecule has 0 bridgehead atoms. The lowest BCUT2D eigenvalue weighted by atomic mass is 9.92. The van der Waals surface area contributed by atoms with Gasteiger partial charge < -0.3 is 4.74 Å². The van der Waals surface area contributed by atoms with Crippen LogP contribution in [0.2, 0.25) is 0 Å². The summed E-state index contributed by atoms with van der Waals surface area (Å²) >= 11 is 0. The summed E-state index contributed by atoms with van der Waals surface area (Å²) in [5, 5.41) is 9.50. The number of H-pyrrole nitrogens is 1. The smallest absolute Gasteiger partial charge is 0.413 e. The number of hydrogen-bond acceptors (Lipinski definition) is 3. The minimum atomic E-state index is -0.507. The highest BCUT2D eigenvalue weighted by atomic mass is 16.6. The molecule has 5 nitrogen and oxygen atoms in total. The Kier molecular flexibility index (Phi) is 3.50. The molecule has 1 heterocycles. The predicted molar refractivity (Wildman–Crippen MR) is 67.1 cm³/mol.